The van der Waals surface area contributed by atoms with Crippen molar-refractivity contribution in [2.75, 3.05) is 36.0 Å². The van der Waals surface area contributed by atoms with Gasteiger partial charge in [-0.3, -0.25) is 4.98 Å². The Morgan fingerprint density at radius 3 is 2.31 bits per heavy atom. The van der Waals surface area contributed by atoms with Gasteiger partial charge in [0.1, 0.15) is 11.4 Å². The number of carbonyl (C=O) groups excluding carboxylic acids is 1. The summed E-state index contributed by atoms with van der Waals surface area (Å²) in [6.07, 6.45) is 7.22. The fourth-order valence-electron chi connectivity index (χ4n) is 3.99. The molecule has 4 heterocycles. The third-order valence-corrected chi connectivity index (χ3v) is 5.58. The Hall–Kier alpha value is -2.00. The maximum absolute atomic E-state index is 11.7. The van der Waals surface area contributed by atoms with Gasteiger partial charge in [0.15, 0.2) is 0 Å². The minimum absolute atomic E-state index is 0. The topological polar surface area (TPSA) is 96.6 Å². The third-order valence-electron chi connectivity index (χ3n) is 5.58. The molecule has 2 aromatic heterocycles. The second-order valence-electron chi connectivity index (χ2n) is 9.98. The number of hydrogen-bond acceptors (Lipinski definition) is 7. The van der Waals surface area contributed by atoms with Gasteiger partial charge in [-0.15, -0.1) is 37.2 Å². The average molecular weight is 564 g/mol. The number of ether oxygens (including phenoxy) is 1. The van der Waals surface area contributed by atoms with Crippen LogP contribution >= 0.6 is 37.2 Å². The van der Waals surface area contributed by atoms with Gasteiger partial charge in [-0.05, 0) is 76.8 Å². The molecular weight excluding hydrogens is 523 g/mol. The molecule has 3 N–H and O–H groups in total. The summed E-state index contributed by atoms with van der Waals surface area (Å²) >= 11 is 0. The fourth-order valence-corrected chi connectivity index (χ4v) is 3.99. The predicted molar refractivity (Wildman–Crippen MR) is 154 cm³/mol. The Morgan fingerprint density at radius 1 is 1.03 bits per heavy atom. The smallest absolute Gasteiger partial charge is 0.407 e. The molecule has 0 unspecified atom stereocenters. The van der Waals surface area contributed by atoms with Crippen molar-refractivity contribution in [3.63, 3.8) is 0 Å². The molecule has 0 aliphatic carbocycles. The lowest BCUT2D eigenvalue weighted by Crippen LogP contribution is -2.40. The number of hydrogen-bond donors (Lipinski definition) is 2. The first-order chi connectivity index (χ1) is 15.6. The van der Waals surface area contributed by atoms with Gasteiger partial charge >= 0.3 is 6.09 Å². The van der Waals surface area contributed by atoms with E-state index in [0.717, 1.165) is 56.1 Å². The Balaban J connectivity index is 0.000000672. The molecule has 8 nitrogen and oxygen atoms in total. The van der Waals surface area contributed by atoms with Crippen LogP contribution in [0.4, 0.5) is 16.3 Å². The quantitative estimate of drug-likeness (QED) is 0.559. The zero-order valence-corrected chi connectivity index (χ0v) is 24.2. The van der Waals surface area contributed by atoms with Gasteiger partial charge in [0.25, 0.3) is 0 Å². The van der Waals surface area contributed by atoms with Crippen LogP contribution in [0.2, 0.25) is 0 Å². The lowest BCUT2D eigenvalue weighted by molar-refractivity contribution is 0.0509. The Labute approximate surface area is 234 Å². The van der Waals surface area contributed by atoms with Crippen LogP contribution in [0.1, 0.15) is 44.7 Å². The number of rotatable bonds is 3. The number of halogens is 3. The number of pyridine rings is 2. The van der Waals surface area contributed by atoms with Gasteiger partial charge in [0, 0.05) is 44.6 Å². The number of nitrogens with two attached hydrogens (primary N) is 1. The number of aromatic nitrogens is 2. The predicted octanol–water partition coefficient (Wildman–Crippen LogP) is 4.69. The Bertz CT molecular complexity index is 944. The standard InChI is InChI=1S/C15H23N3O2.C10H15N3.3ClH/c1-11-7-13(9-16-8-11)18-6-5-12(10-18)17-14(19)20-15(2,3)4;1-8-2-4-12-10(6-8)13-5-3-9(11)7-13;;;/h7-9,12H,5-6,10H2,1-4H3,(H,17,19);2,4,6,9H,3,5,7,11H2,1H3;3*1H/t12-;9-;;;/m00.../s1. The molecule has 36 heavy (non-hydrogen) atoms. The maximum atomic E-state index is 11.7. The summed E-state index contributed by atoms with van der Waals surface area (Å²) in [6.45, 7) is 13.4. The molecule has 2 saturated heterocycles. The van der Waals surface area contributed by atoms with E-state index in [0.29, 0.717) is 6.04 Å². The maximum Gasteiger partial charge on any atom is 0.407 e. The van der Waals surface area contributed by atoms with Crippen LogP contribution in [0.15, 0.2) is 36.8 Å². The van der Waals surface area contributed by atoms with Crippen LogP contribution in [0, 0.1) is 13.8 Å². The van der Waals surface area contributed by atoms with E-state index in [1.54, 1.807) is 0 Å². The number of nitrogens with zero attached hydrogens (tertiary/aromatic N) is 4. The van der Waals surface area contributed by atoms with Crippen LogP contribution in [0.3, 0.4) is 0 Å². The lowest BCUT2D eigenvalue weighted by Gasteiger charge is -2.22. The minimum Gasteiger partial charge on any atom is -0.444 e. The number of alkyl carbamates (subject to hydrolysis) is 1. The monoisotopic (exact) mass is 562 g/mol. The van der Waals surface area contributed by atoms with Crippen LogP contribution in [-0.2, 0) is 4.74 Å². The normalized spacial score (nSPS) is 18.6. The van der Waals surface area contributed by atoms with Gasteiger partial charge in [-0.2, -0.15) is 0 Å². The van der Waals surface area contributed by atoms with E-state index in [4.69, 9.17) is 10.5 Å². The van der Waals surface area contributed by atoms with Gasteiger partial charge in [-0.25, -0.2) is 9.78 Å². The molecule has 2 aromatic rings. The first kappa shape index (κ1) is 34.0. The molecule has 2 fully saturated rings. The molecule has 0 aromatic carbocycles. The highest BCUT2D eigenvalue weighted by molar-refractivity contribution is 5.86. The summed E-state index contributed by atoms with van der Waals surface area (Å²) in [5, 5.41) is 2.93. The zero-order valence-electron chi connectivity index (χ0n) is 21.8. The van der Waals surface area contributed by atoms with Gasteiger partial charge in [0.05, 0.1) is 17.9 Å². The second-order valence-corrected chi connectivity index (χ2v) is 9.98. The largest absolute Gasteiger partial charge is 0.444 e. The number of carbonyl (C=O) groups is 1. The Kier molecular flexibility index (Phi) is 14.4. The summed E-state index contributed by atoms with van der Waals surface area (Å²) in [5.74, 6) is 1.06. The molecule has 11 heteroatoms. The minimum atomic E-state index is -0.456. The lowest BCUT2D eigenvalue weighted by atomic mass is 10.2. The van der Waals surface area contributed by atoms with E-state index in [1.165, 1.54) is 5.56 Å². The summed E-state index contributed by atoms with van der Waals surface area (Å²) < 4.78 is 5.28. The molecule has 0 spiro atoms. The van der Waals surface area contributed by atoms with Crippen molar-refractivity contribution in [2.45, 2.75) is 65.1 Å². The highest BCUT2D eigenvalue weighted by atomic mass is 35.5. The Morgan fingerprint density at radius 2 is 1.72 bits per heavy atom. The fraction of sp³-hybridized carbons (Fsp3) is 0.560. The summed E-state index contributed by atoms with van der Waals surface area (Å²) in [7, 11) is 0. The SMILES string of the molecule is Cc1ccnc(N2CC[C@H](N)C2)c1.Cc1cncc(N2CC[C@H](NC(=O)OC(C)(C)C)C2)c1.Cl.Cl.Cl. The van der Waals surface area contributed by atoms with Gasteiger partial charge < -0.3 is 25.6 Å². The first-order valence-electron chi connectivity index (χ1n) is 11.7. The van der Waals surface area contributed by atoms with Crippen molar-refractivity contribution in [2.24, 2.45) is 5.73 Å². The van der Waals surface area contributed by atoms with Crippen molar-refractivity contribution >= 4 is 54.8 Å². The van der Waals surface area contributed by atoms with Crippen molar-refractivity contribution in [1.29, 1.82) is 0 Å². The summed E-state index contributed by atoms with van der Waals surface area (Å²) in [6, 6.07) is 6.69. The van der Waals surface area contributed by atoms with E-state index in [9.17, 15) is 4.79 Å². The van der Waals surface area contributed by atoms with Crippen LogP contribution in [0.5, 0.6) is 0 Å². The average Bonchev–Trinajstić information content (AvgIpc) is 3.36. The first-order valence-corrected chi connectivity index (χ1v) is 11.7. The van der Waals surface area contributed by atoms with Crippen molar-refractivity contribution in [3.8, 4) is 0 Å². The summed E-state index contributed by atoms with van der Waals surface area (Å²) in [5.41, 5.74) is 8.88. The van der Waals surface area contributed by atoms with Crippen molar-refractivity contribution in [1.82, 2.24) is 15.3 Å². The highest BCUT2D eigenvalue weighted by Crippen LogP contribution is 2.21. The number of anilines is 2. The molecule has 1 amide bonds. The third kappa shape index (κ3) is 10.9. The van der Waals surface area contributed by atoms with Gasteiger partial charge in [0.2, 0.25) is 0 Å². The molecule has 4 rings (SSSR count). The van der Waals surface area contributed by atoms with E-state index in [2.05, 4.69) is 44.1 Å². The summed E-state index contributed by atoms with van der Waals surface area (Å²) in [4.78, 5) is 24.8. The molecule has 0 radical (unpaired) electrons. The molecule has 204 valence electrons. The zero-order chi connectivity index (χ0) is 24.0. The number of amides is 1. The van der Waals surface area contributed by atoms with Crippen LogP contribution in [0.25, 0.3) is 0 Å². The molecule has 2 atom stereocenters. The van der Waals surface area contributed by atoms with Crippen LogP contribution < -0.4 is 20.9 Å². The number of aryl methyl sites for hydroxylation is 2. The van der Waals surface area contributed by atoms with E-state index in [-0.39, 0.29) is 49.4 Å². The van der Waals surface area contributed by atoms with Gasteiger partial charge in [-0.1, -0.05) is 0 Å². The van der Waals surface area contributed by atoms with Crippen molar-refractivity contribution < 1.29 is 9.53 Å². The van der Waals surface area contributed by atoms with E-state index in [1.807, 2.05) is 52.4 Å². The van der Waals surface area contributed by atoms with E-state index < -0.39 is 5.60 Å². The molecule has 2 aliphatic heterocycles. The highest BCUT2D eigenvalue weighted by Gasteiger charge is 2.26. The molecular formula is C25H41Cl3N6O2. The van der Waals surface area contributed by atoms with Crippen LogP contribution in [-0.4, -0.2) is 59.9 Å². The second kappa shape index (κ2) is 15.3. The molecule has 0 saturated carbocycles. The number of nitrogens with one attached hydrogen (secondary N) is 1. The molecule has 2 aliphatic rings. The molecule has 0 bridgehead atoms. The van der Waals surface area contributed by atoms with Crippen molar-refractivity contribution in [3.05, 3.63) is 47.9 Å². The van der Waals surface area contributed by atoms with E-state index >= 15 is 0 Å².